The molecule has 19 heavy (non-hydrogen) atoms. The van der Waals surface area contributed by atoms with E-state index in [-0.39, 0.29) is 29.9 Å². The zero-order valence-corrected chi connectivity index (χ0v) is 11.9. The second-order valence-electron chi connectivity index (χ2n) is 5.70. The summed E-state index contributed by atoms with van der Waals surface area (Å²) in [4.78, 5) is 23.3. The van der Waals surface area contributed by atoms with Crippen molar-refractivity contribution in [1.29, 1.82) is 0 Å². The van der Waals surface area contributed by atoms with E-state index in [1.54, 1.807) is 7.05 Å². The SMILES string of the molecule is CCC(C)C(CC1CCNC1=O)C1OC1C(=O)NC. The summed E-state index contributed by atoms with van der Waals surface area (Å²) in [6, 6.07) is 0. The van der Waals surface area contributed by atoms with Gasteiger partial charge in [-0.25, -0.2) is 0 Å². The molecule has 5 unspecified atom stereocenters. The Labute approximate surface area is 114 Å². The van der Waals surface area contributed by atoms with Crippen molar-refractivity contribution in [3.8, 4) is 0 Å². The maximum atomic E-state index is 11.7. The van der Waals surface area contributed by atoms with Gasteiger partial charge in [0.05, 0.1) is 6.10 Å². The van der Waals surface area contributed by atoms with Crippen molar-refractivity contribution in [3.63, 3.8) is 0 Å². The van der Waals surface area contributed by atoms with Crippen LogP contribution in [0.2, 0.25) is 0 Å². The van der Waals surface area contributed by atoms with Crippen molar-refractivity contribution >= 4 is 11.8 Å². The third-order valence-electron chi connectivity index (χ3n) is 4.55. The van der Waals surface area contributed by atoms with Gasteiger partial charge in [0.25, 0.3) is 5.91 Å². The normalized spacial score (nSPS) is 32.6. The molecule has 5 heteroatoms. The highest BCUT2D eigenvalue weighted by atomic mass is 16.6. The third kappa shape index (κ3) is 3.08. The molecule has 2 heterocycles. The molecule has 108 valence electrons. The van der Waals surface area contributed by atoms with Gasteiger partial charge in [0.15, 0.2) is 6.10 Å². The van der Waals surface area contributed by atoms with Gasteiger partial charge in [0, 0.05) is 19.5 Å². The van der Waals surface area contributed by atoms with E-state index >= 15 is 0 Å². The van der Waals surface area contributed by atoms with Crippen LogP contribution in [0, 0.1) is 17.8 Å². The van der Waals surface area contributed by atoms with Crippen LogP contribution in [0.4, 0.5) is 0 Å². The summed E-state index contributed by atoms with van der Waals surface area (Å²) in [7, 11) is 1.63. The Kier molecular flexibility index (Phi) is 4.45. The van der Waals surface area contributed by atoms with Crippen molar-refractivity contribution in [3.05, 3.63) is 0 Å². The second kappa shape index (κ2) is 5.90. The topological polar surface area (TPSA) is 70.7 Å². The first-order chi connectivity index (χ1) is 9.08. The highest BCUT2D eigenvalue weighted by Crippen LogP contribution is 2.40. The van der Waals surface area contributed by atoms with Gasteiger partial charge in [-0.1, -0.05) is 20.3 Å². The first kappa shape index (κ1) is 14.3. The molecule has 2 aliphatic heterocycles. The molecular formula is C14H24N2O3. The van der Waals surface area contributed by atoms with E-state index < -0.39 is 0 Å². The number of ether oxygens (including phenoxy) is 1. The standard InChI is InChI=1S/C14H24N2O3/c1-4-8(2)10(7-9-5-6-16-13(9)17)11-12(19-11)14(18)15-3/h8-12H,4-7H2,1-3H3,(H,15,18)(H,16,17). The molecule has 0 aromatic carbocycles. The van der Waals surface area contributed by atoms with Crippen LogP contribution in [0.15, 0.2) is 0 Å². The molecule has 0 aromatic rings. The van der Waals surface area contributed by atoms with Crippen molar-refractivity contribution in [1.82, 2.24) is 10.6 Å². The number of amides is 2. The van der Waals surface area contributed by atoms with Gasteiger partial charge < -0.3 is 15.4 Å². The molecule has 2 N–H and O–H groups in total. The van der Waals surface area contributed by atoms with Crippen LogP contribution in [-0.4, -0.2) is 37.6 Å². The van der Waals surface area contributed by atoms with Crippen LogP contribution in [0.5, 0.6) is 0 Å². The number of epoxide rings is 1. The average Bonchev–Trinajstić information content (AvgIpc) is 3.11. The Bertz CT molecular complexity index is 359. The first-order valence-electron chi connectivity index (χ1n) is 7.23. The molecule has 5 atom stereocenters. The first-order valence-corrected chi connectivity index (χ1v) is 7.23. The van der Waals surface area contributed by atoms with Gasteiger partial charge in [-0.05, 0) is 24.7 Å². The van der Waals surface area contributed by atoms with Crippen molar-refractivity contribution in [2.75, 3.05) is 13.6 Å². The van der Waals surface area contributed by atoms with E-state index in [0.29, 0.717) is 11.8 Å². The summed E-state index contributed by atoms with van der Waals surface area (Å²) in [5.74, 6) is 0.961. The lowest BCUT2D eigenvalue weighted by Crippen LogP contribution is -2.30. The van der Waals surface area contributed by atoms with E-state index in [9.17, 15) is 9.59 Å². The van der Waals surface area contributed by atoms with Crippen LogP contribution in [-0.2, 0) is 14.3 Å². The van der Waals surface area contributed by atoms with Gasteiger partial charge >= 0.3 is 0 Å². The van der Waals surface area contributed by atoms with Crippen LogP contribution in [0.25, 0.3) is 0 Å². The summed E-state index contributed by atoms with van der Waals surface area (Å²) in [5.41, 5.74) is 0. The molecule has 2 aliphatic rings. The van der Waals surface area contributed by atoms with Crippen molar-refractivity contribution < 1.29 is 14.3 Å². The van der Waals surface area contributed by atoms with Gasteiger partial charge in [0.1, 0.15) is 0 Å². The van der Waals surface area contributed by atoms with Crippen LogP contribution >= 0.6 is 0 Å². The zero-order chi connectivity index (χ0) is 14.0. The maximum absolute atomic E-state index is 11.7. The van der Waals surface area contributed by atoms with Gasteiger partial charge in [-0.3, -0.25) is 9.59 Å². The summed E-state index contributed by atoms with van der Waals surface area (Å²) in [6.45, 7) is 5.10. The van der Waals surface area contributed by atoms with E-state index in [0.717, 1.165) is 25.8 Å². The molecule has 0 bridgehead atoms. The molecule has 0 aromatic heterocycles. The Balaban J connectivity index is 1.97. The van der Waals surface area contributed by atoms with Gasteiger partial charge in [0.2, 0.25) is 5.91 Å². The minimum Gasteiger partial charge on any atom is -0.359 e. The molecule has 0 radical (unpaired) electrons. The minimum atomic E-state index is -0.312. The van der Waals surface area contributed by atoms with Gasteiger partial charge in [-0.2, -0.15) is 0 Å². The zero-order valence-electron chi connectivity index (χ0n) is 11.9. The van der Waals surface area contributed by atoms with Crippen molar-refractivity contribution in [2.24, 2.45) is 17.8 Å². The monoisotopic (exact) mass is 268 g/mol. The fourth-order valence-electron chi connectivity index (χ4n) is 2.99. The smallest absolute Gasteiger partial charge is 0.251 e. The molecule has 0 spiro atoms. The average molecular weight is 268 g/mol. The molecule has 0 saturated carbocycles. The van der Waals surface area contributed by atoms with E-state index in [4.69, 9.17) is 4.74 Å². The molecule has 2 saturated heterocycles. The molecule has 0 aliphatic carbocycles. The lowest BCUT2D eigenvalue weighted by Gasteiger charge is -2.23. The summed E-state index contributed by atoms with van der Waals surface area (Å²) in [6.07, 6.45) is 2.46. The summed E-state index contributed by atoms with van der Waals surface area (Å²) < 4.78 is 5.56. The molecule has 2 rings (SSSR count). The van der Waals surface area contributed by atoms with Crippen molar-refractivity contribution in [2.45, 2.75) is 45.3 Å². The summed E-state index contributed by atoms with van der Waals surface area (Å²) >= 11 is 0. The Morgan fingerprint density at radius 1 is 1.58 bits per heavy atom. The number of nitrogens with one attached hydrogen (secondary N) is 2. The molecular weight excluding hydrogens is 244 g/mol. The molecule has 2 fully saturated rings. The lowest BCUT2D eigenvalue weighted by atomic mass is 9.80. The predicted octanol–water partition coefficient (Wildman–Crippen LogP) is 0.688. The van der Waals surface area contributed by atoms with E-state index in [2.05, 4.69) is 24.5 Å². The van der Waals surface area contributed by atoms with Crippen LogP contribution in [0.3, 0.4) is 0 Å². The lowest BCUT2D eigenvalue weighted by molar-refractivity contribution is -0.123. The fraction of sp³-hybridized carbons (Fsp3) is 0.857. The Hall–Kier alpha value is -1.10. The highest BCUT2D eigenvalue weighted by molar-refractivity contribution is 5.83. The van der Waals surface area contributed by atoms with Crippen LogP contribution < -0.4 is 10.6 Å². The van der Waals surface area contributed by atoms with E-state index in [1.807, 2.05) is 0 Å². The number of carbonyl (C=O) groups excluding carboxylic acids is 2. The minimum absolute atomic E-state index is 0.0108. The molecule has 2 amide bonds. The van der Waals surface area contributed by atoms with Crippen LogP contribution in [0.1, 0.15) is 33.1 Å². The number of rotatable bonds is 6. The second-order valence-corrected chi connectivity index (χ2v) is 5.70. The number of hydrogen-bond donors (Lipinski definition) is 2. The summed E-state index contributed by atoms with van der Waals surface area (Å²) in [5, 5.41) is 5.51. The number of hydrogen-bond acceptors (Lipinski definition) is 3. The van der Waals surface area contributed by atoms with E-state index in [1.165, 1.54) is 0 Å². The fourth-order valence-corrected chi connectivity index (χ4v) is 2.99. The third-order valence-corrected chi connectivity index (χ3v) is 4.55. The quantitative estimate of drug-likeness (QED) is 0.696. The largest absolute Gasteiger partial charge is 0.359 e. The Morgan fingerprint density at radius 2 is 2.32 bits per heavy atom. The van der Waals surface area contributed by atoms with Gasteiger partial charge in [-0.15, -0.1) is 0 Å². The maximum Gasteiger partial charge on any atom is 0.251 e. The predicted molar refractivity (Wildman–Crippen MR) is 71.4 cm³/mol. The molecule has 5 nitrogen and oxygen atoms in total. The Morgan fingerprint density at radius 3 is 2.84 bits per heavy atom. The highest BCUT2D eigenvalue weighted by Gasteiger charge is 2.51. The number of carbonyl (C=O) groups is 2. The number of likely N-dealkylation sites (N-methyl/N-ethyl adjacent to an activating group) is 1.